The molecule has 0 spiro atoms. The lowest BCUT2D eigenvalue weighted by molar-refractivity contribution is -0.141. The summed E-state index contributed by atoms with van der Waals surface area (Å²) in [5.41, 5.74) is 0.845. The first-order chi connectivity index (χ1) is 12.6. The van der Waals surface area contributed by atoms with Crippen LogP contribution < -0.4 is 4.90 Å². The van der Waals surface area contributed by atoms with E-state index < -0.39 is 27.9 Å². The molecule has 0 saturated carbocycles. The molecule has 1 aromatic carbocycles. The normalized spacial score (nSPS) is 16.3. The predicted octanol–water partition coefficient (Wildman–Crippen LogP) is 1.47. The molecule has 1 aromatic rings. The number of amides is 1. The zero-order valence-corrected chi connectivity index (χ0v) is 17.0. The number of carbonyl (C=O) groups is 2. The van der Waals surface area contributed by atoms with Crippen molar-refractivity contribution in [1.29, 1.82) is 0 Å². The zero-order valence-electron chi connectivity index (χ0n) is 16.2. The number of hydrogen-bond donors (Lipinski definition) is 1. The number of sulfonamides is 1. The van der Waals surface area contributed by atoms with Gasteiger partial charge in [-0.25, -0.2) is 17.5 Å². The molecule has 8 nitrogen and oxygen atoms in total. The molecule has 1 amide bonds. The SMILES string of the molecule is CC(C(=O)O)N(C)C(=O)c1cc(S(=O)(=O)N(C)C)ccc1N1CCCCC1. The Morgan fingerprint density at radius 2 is 1.70 bits per heavy atom. The monoisotopic (exact) mass is 397 g/mol. The van der Waals surface area contributed by atoms with E-state index in [1.807, 2.05) is 0 Å². The molecular formula is C18H27N3O5S. The summed E-state index contributed by atoms with van der Waals surface area (Å²) >= 11 is 0. The summed E-state index contributed by atoms with van der Waals surface area (Å²) < 4.78 is 26.1. The smallest absolute Gasteiger partial charge is 0.326 e. The van der Waals surface area contributed by atoms with Gasteiger partial charge in [-0.3, -0.25) is 4.79 Å². The number of hydrogen-bond acceptors (Lipinski definition) is 5. The number of carboxylic acids is 1. The van der Waals surface area contributed by atoms with Crippen molar-refractivity contribution in [3.05, 3.63) is 23.8 Å². The van der Waals surface area contributed by atoms with Gasteiger partial charge in [-0.1, -0.05) is 0 Å². The van der Waals surface area contributed by atoms with E-state index >= 15 is 0 Å². The van der Waals surface area contributed by atoms with Gasteiger partial charge in [0.2, 0.25) is 10.0 Å². The third kappa shape index (κ3) is 4.41. The van der Waals surface area contributed by atoms with Gasteiger partial charge in [-0.15, -0.1) is 0 Å². The summed E-state index contributed by atoms with van der Waals surface area (Å²) in [7, 11) is 0.545. The summed E-state index contributed by atoms with van der Waals surface area (Å²) in [5, 5.41) is 9.22. The molecule has 2 rings (SSSR count). The lowest BCUT2D eigenvalue weighted by atomic mass is 10.1. The predicted molar refractivity (Wildman–Crippen MR) is 103 cm³/mol. The van der Waals surface area contributed by atoms with Crippen LogP contribution in [-0.2, 0) is 14.8 Å². The summed E-state index contributed by atoms with van der Waals surface area (Å²) in [6.07, 6.45) is 3.10. The molecular weight excluding hydrogens is 370 g/mol. The van der Waals surface area contributed by atoms with E-state index in [9.17, 15) is 23.1 Å². The van der Waals surface area contributed by atoms with Crippen LogP contribution >= 0.6 is 0 Å². The van der Waals surface area contributed by atoms with Crippen molar-refractivity contribution in [3.8, 4) is 0 Å². The largest absolute Gasteiger partial charge is 0.480 e. The average Bonchev–Trinajstić information content (AvgIpc) is 2.66. The van der Waals surface area contributed by atoms with E-state index in [0.29, 0.717) is 5.69 Å². The molecule has 150 valence electrons. The van der Waals surface area contributed by atoms with Crippen molar-refractivity contribution >= 4 is 27.6 Å². The van der Waals surface area contributed by atoms with Gasteiger partial charge < -0.3 is 14.9 Å². The molecule has 1 heterocycles. The number of likely N-dealkylation sites (N-methyl/N-ethyl adjacent to an activating group) is 1. The van der Waals surface area contributed by atoms with Crippen LogP contribution in [0.1, 0.15) is 36.5 Å². The Bertz CT molecular complexity index is 816. The Labute approximate surface area is 160 Å². The molecule has 9 heteroatoms. The second-order valence-corrected chi connectivity index (χ2v) is 9.10. The van der Waals surface area contributed by atoms with E-state index in [-0.39, 0.29) is 10.5 Å². The molecule has 0 bridgehead atoms. The fourth-order valence-corrected chi connectivity index (χ4v) is 3.93. The van der Waals surface area contributed by atoms with Crippen molar-refractivity contribution < 1.29 is 23.1 Å². The van der Waals surface area contributed by atoms with Gasteiger partial charge >= 0.3 is 5.97 Å². The maximum Gasteiger partial charge on any atom is 0.326 e. The highest BCUT2D eigenvalue weighted by atomic mass is 32.2. The average molecular weight is 397 g/mol. The lowest BCUT2D eigenvalue weighted by Gasteiger charge is -2.32. The van der Waals surface area contributed by atoms with Crippen molar-refractivity contribution in [3.63, 3.8) is 0 Å². The molecule has 1 saturated heterocycles. The van der Waals surface area contributed by atoms with E-state index in [2.05, 4.69) is 4.90 Å². The molecule has 1 aliphatic heterocycles. The number of rotatable bonds is 6. The van der Waals surface area contributed by atoms with Crippen LogP contribution in [0.3, 0.4) is 0 Å². The molecule has 1 fully saturated rings. The van der Waals surface area contributed by atoms with Crippen molar-refractivity contribution in [2.24, 2.45) is 0 Å². The van der Waals surface area contributed by atoms with E-state index in [1.165, 1.54) is 40.2 Å². The topological polar surface area (TPSA) is 98.2 Å². The number of aliphatic carboxylic acids is 1. The highest BCUT2D eigenvalue weighted by molar-refractivity contribution is 7.89. The Morgan fingerprint density at radius 3 is 2.22 bits per heavy atom. The number of piperidine rings is 1. The van der Waals surface area contributed by atoms with Crippen LogP contribution in [0, 0.1) is 0 Å². The maximum atomic E-state index is 13.0. The molecule has 0 aliphatic carbocycles. The van der Waals surface area contributed by atoms with Crippen LogP contribution in [-0.4, -0.2) is 74.9 Å². The standard InChI is InChI=1S/C18H27N3O5S/c1-13(18(23)24)20(4)17(22)15-12-14(27(25,26)19(2)3)8-9-16(15)21-10-6-5-7-11-21/h8-9,12-13H,5-7,10-11H2,1-4H3,(H,23,24). The summed E-state index contributed by atoms with van der Waals surface area (Å²) in [4.78, 5) is 27.5. The Morgan fingerprint density at radius 1 is 1.11 bits per heavy atom. The van der Waals surface area contributed by atoms with Gasteiger partial charge in [-0.2, -0.15) is 0 Å². The third-order valence-electron chi connectivity index (χ3n) is 4.93. The Kier molecular flexibility index (Phi) is 6.48. The number of carboxylic acid groups (broad SMARTS) is 1. The van der Waals surface area contributed by atoms with Crippen molar-refractivity contribution in [1.82, 2.24) is 9.21 Å². The Balaban J connectivity index is 2.55. The first kappa shape index (κ1) is 21.2. The van der Waals surface area contributed by atoms with Gasteiger partial charge in [-0.05, 0) is 44.4 Å². The van der Waals surface area contributed by atoms with Crippen LogP contribution in [0.15, 0.2) is 23.1 Å². The summed E-state index contributed by atoms with van der Waals surface area (Å²) in [6.45, 7) is 2.97. The highest BCUT2D eigenvalue weighted by Gasteiger charge is 2.28. The number of carbonyl (C=O) groups excluding carboxylic acids is 1. The minimum atomic E-state index is -3.71. The fourth-order valence-electron chi connectivity index (χ4n) is 3.00. The van der Waals surface area contributed by atoms with E-state index in [1.54, 1.807) is 6.07 Å². The number of nitrogens with zero attached hydrogens (tertiary/aromatic N) is 3. The molecule has 27 heavy (non-hydrogen) atoms. The minimum absolute atomic E-state index is 0.00740. The van der Waals surface area contributed by atoms with Crippen LogP contribution in [0.25, 0.3) is 0 Å². The molecule has 1 atom stereocenters. The number of benzene rings is 1. The zero-order chi connectivity index (χ0) is 20.4. The van der Waals surface area contributed by atoms with E-state index in [0.717, 1.165) is 41.6 Å². The molecule has 0 radical (unpaired) electrons. The fraction of sp³-hybridized carbons (Fsp3) is 0.556. The first-order valence-electron chi connectivity index (χ1n) is 8.89. The lowest BCUT2D eigenvalue weighted by Crippen LogP contribution is -2.41. The van der Waals surface area contributed by atoms with Gasteiger partial charge in [0.25, 0.3) is 5.91 Å². The van der Waals surface area contributed by atoms with Gasteiger partial charge in [0.15, 0.2) is 0 Å². The van der Waals surface area contributed by atoms with Crippen molar-refractivity contribution in [2.45, 2.75) is 37.1 Å². The number of anilines is 1. The third-order valence-corrected chi connectivity index (χ3v) is 6.74. The molecule has 1 aliphatic rings. The van der Waals surface area contributed by atoms with E-state index in [4.69, 9.17) is 0 Å². The summed E-state index contributed by atoms with van der Waals surface area (Å²) in [5.74, 6) is -1.64. The first-order valence-corrected chi connectivity index (χ1v) is 10.3. The molecule has 1 N–H and O–H groups in total. The van der Waals surface area contributed by atoms with Crippen LogP contribution in [0.5, 0.6) is 0 Å². The quantitative estimate of drug-likeness (QED) is 0.781. The van der Waals surface area contributed by atoms with Gasteiger partial charge in [0.1, 0.15) is 6.04 Å². The van der Waals surface area contributed by atoms with Crippen molar-refractivity contribution in [2.75, 3.05) is 39.1 Å². The van der Waals surface area contributed by atoms with Crippen LogP contribution in [0.4, 0.5) is 5.69 Å². The second-order valence-electron chi connectivity index (χ2n) is 6.94. The minimum Gasteiger partial charge on any atom is -0.480 e. The second kappa shape index (κ2) is 8.26. The summed E-state index contributed by atoms with van der Waals surface area (Å²) in [6, 6.07) is 3.47. The van der Waals surface area contributed by atoms with Crippen LogP contribution in [0.2, 0.25) is 0 Å². The van der Waals surface area contributed by atoms with Gasteiger partial charge in [0, 0.05) is 39.9 Å². The highest BCUT2D eigenvalue weighted by Crippen LogP contribution is 2.29. The Hall–Kier alpha value is -2.13. The maximum absolute atomic E-state index is 13.0. The molecule has 0 aromatic heterocycles. The molecule has 1 unspecified atom stereocenters. The van der Waals surface area contributed by atoms with Gasteiger partial charge in [0.05, 0.1) is 10.5 Å².